The Balaban J connectivity index is 1.78. The van der Waals surface area contributed by atoms with E-state index in [2.05, 4.69) is 6.92 Å². The number of nitrogens with zero attached hydrogens (tertiary/aromatic N) is 1. The van der Waals surface area contributed by atoms with Gasteiger partial charge < -0.3 is 5.73 Å². The summed E-state index contributed by atoms with van der Waals surface area (Å²) < 4.78 is 0. The van der Waals surface area contributed by atoms with Crippen LogP contribution in [0.2, 0.25) is 0 Å². The van der Waals surface area contributed by atoms with Crippen LogP contribution in [-0.2, 0) is 18.4 Å². The quantitative estimate of drug-likeness (QED) is 0.876. The second-order valence-corrected chi connectivity index (χ2v) is 6.74. The van der Waals surface area contributed by atoms with Gasteiger partial charge >= 0.3 is 0 Å². The SMILES string of the molecule is CC(N)(CC1CCC1)c1nc2c(s1)CCC2. The zero-order valence-electron chi connectivity index (χ0n) is 9.96. The van der Waals surface area contributed by atoms with Crippen LogP contribution in [0.3, 0.4) is 0 Å². The molecule has 1 atom stereocenters. The van der Waals surface area contributed by atoms with Crippen molar-refractivity contribution in [3.05, 3.63) is 15.6 Å². The van der Waals surface area contributed by atoms with Gasteiger partial charge in [-0.1, -0.05) is 19.3 Å². The summed E-state index contributed by atoms with van der Waals surface area (Å²) >= 11 is 1.87. The molecule has 0 saturated heterocycles. The van der Waals surface area contributed by atoms with E-state index in [0.717, 1.165) is 12.3 Å². The van der Waals surface area contributed by atoms with Gasteiger partial charge in [-0.25, -0.2) is 4.98 Å². The minimum Gasteiger partial charge on any atom is -0.320 e. The van der Waals surface area contributed by atoms with Gasteiger partial charge in [0.05, 0.1) is 11.2 Å². The molecule has 0 aromatic carbocycles. The van der Waals surface area contributed by atoms with E-state index in [4.69, 9.17) is 10.7 Å². The van der Waals surface area contributed by atoms with Gasteiger partial charge in [-0.2, -0.15) is 0 Å². The predicted octanol–water partition coefficient (Wildman–Crippen LogP) is 3.00. The lowest BCUT2D eigenvalue weighted by Crippen LogP contribution is -2.36. The maximum atomic E-state index is 6.46. The molecule has 2 N–H and O–H groups in total. The molecule has 0 spiro atoms. The zero-order valence-corrected chi connectivity index (χ0v) is 10.8. The van der Waals surface area contributed by atoms with Crippen molar-refractivity contribution in [2.24, 2.45) is 11.7 Å². The number of aryl methyl sites for hydroxylation is 2. The van der Waals surface area contributed by atoms with E-state index in [0.29, 0.717) is 0 Å². The normalized spacial score (nSPS) is 23.9. The summed E-state index contributed by atoms with van der Waals surface area (Å²) in [4.78, 5) is 6.27. The Morgan fingerprint density at radius 3 is 2.81 bits per heavy atom. The summed E-state index contributed by atoms with van der Waals surface area (Å²) in [5.74, 6) is 0.855. The Bertz CT molecular complexity index is 369. The maximum absolute atomic E-state index is 6.46. The Morgan fingerprint density at radius 1 is 1.38 bits per heavy atom. The fourth-order valence-electron chi connectivity index (χ4n) is 2.82. The van der Waals surface area contributed by atoms with Crippen molar-refractivity contribution in [3.63, 3.8) is 0 Å². The molecule has 1 heterocycles. The standard InChI is InChI=1S/C13H20N2S/c1-13(14,8-9-4-2-5-9)12-15-10-6-3-7-11(10)16-12/h9H,2-8,14H2,1H3. The number of hydrogen-bond acceptors (Lipinski definition) is 3. The van der Waals surface area contributed by atoms with E-state index in [1.54, 1.807) is 0 Å². The fourth-order valence-corrected chi connectivity index (χ4v) is 4.04. The van der Waals surface area contributed by atoms with Gasteiger partial charge in [0.15, 0.2) is 0 Å². The number of rotatable bonds is 3. The highest BCUT2D eigenvalue weighted by atomic mass is 32.1. The first-order chi connectivity index (χ1) is 7.65. The van der Waals surface area contributed by atoms with Crippen molar-refractivity contribution >= 4 is 11.3 Å². The highest BCUT2D eigenvalue weighted by Crippen LogP contribution is 2.39. The van der Waals surface area contributed by atoms with Crippen LogP contribution in [-0.4, -0.2) is 4.98 Å². The largest absolute Gasteiger partial charge is 0.320 e. The third-order valence-electron chi connectivity index (χ3n) is 4.02. The predicted molar refractivity (Wildman–Crippen MR) is 67.6 cm³/mol. The number of thiazole rings is 1. The molecule has 1 fully saturated rings. The third-order valence-corrected chi connectivity index (χ3v) is 5.46. The first-order valence-corrected chi connectivity index (χ1v) is 7.25. The summed E-state index contributed by atoms with van der Waals surface area (Å²) in [6.45, 7) is 2.17. The lowest BCUT2D eigenvalue weighted by atomic mass is 9.77. The van der Waals surface area contributed by atoms with E-state index in [9.17, 15) is 0 Å². The third kappa shape index (κ3) is 1.80. The molecule has 1 unspecified atom stereocenters. The molecular formula is C13H20N2S. The summed E-state index contributed by atoms with van der Waals surface area (Å²) in [7, 11) is 0. The van der Waals surface area contributed by atoms with Crippen molar-refractivity contribution < 1.29 is 0 Å². The highest BCUT2D eigenvalue weighted by molar-refractivity contribution is 7.12. The average molecular weight is 236 g/mol. The molecule has 88 valence electrons. The van der Waals surface area contributed by atoms with Gasteiger partial charge in [0, 0.05) is 4.88 Å². The lowest BCUT2D eigenvalue weighted by Gasteiger charge is -2.33. The van der Waals surface area contributed by atoms with Crippen molar-refractivity contribution in [2.45, 2.75) is 57.4 Å². The molecule has 1 aromatic rings. The van der Waals surface area contributed by atoms with Crippen molar-refractivity contribution in [2.75, 3.05) is 0 Å². The average Bonchev–Trinajstić information content (AvgIpc) is 2.70. The Morgan fingerprint density at radius 2 is 2.19 bits per heavy atom. The summed E-state index contributed by atoms with van der Waals surface area (Å²) in [6.07, 6.45) is 8.96. The molecule has 3 rings (SSSR count). The number of aromatic nitrogens is 1. The van der Waals surface area contributed by atoms with Gasteiger partial charge in [0.2, 0.25) is 0 Å². The Kier molecular flexibility index (Phi) is 2.55. The van der Waals surface area contributed by atoms with E-state index < -0.39 is 0 Å². The van der Waals surface area contributed by atoms with E-state index in [1.165, 1.54) is 54.1 Å². The summed E-state index contributed by atoms with van der Waals surface area (Å²) in [6, 6.07) is 0. The second-order valence-electron chi connectivity index (χ2n) is 5.66. The number of hydrogen-bond donors (Lipinski definition) is 1. The Labute approximate surface area is 101 Å². The summed E-state index contributed by atoms with van der Waals surface area (Å²) in [5, 5.41) is 1.18. The van der Waals surface area contributed by atoms with E-state index in [-0.39, 0.29) is 5.54 Å². The van der Waals surface area contributed by atoms with Crippen molar-refractivity contribution in [1.82, 2.24) is 4.98 Å². The molecule has 1 aromatic heterocycles. The molecule has 1 saturated carbocycles. The second kappa shape index (κ2) is 3.81. The topological polar surface area (TPSA) is 38.9 Å². The van der Waals surface area contributed by atoms with Crippen molar-refractivity contribution in [3.8, 4) is 0 Å². The van der Waals surface area contributed by atoms with Crippen LogP contribution in [0.15, 0.2) is 0 Å². The van der Waals surface area contributed by atoms with E-state index >= 15 is 0 Å². The molecule has 2 aliphatic carbocycles. The first-order valence-electron chi connectivity index (χ1n) is 6.43. The van der Waals surface area contributed by atoms with Crippen LogP contribution in [0.5, 0.6) is 0 Å². The molecule has 2 nitrogen and oxygen atoms in total. The molecule has 2 aliphatic rings. The van der Waals surface area contributed by atoms with Gasteiger partial charge in [-0.05, 0) is 38.5 Å². The van der Waals surface area contributed by atoms with E-state index in [1.807, 2.05) is 11.3 Å². The maximum Gasteiger partial charge on any atom is 0.113 e. The molecule has 0 radical (unpaired) electrons. The zero-order chi connectivity index (χ0) is 11.2. The first kappa shape index (κ1) is 10.7. The minimum atomic E-state index is -0.180. The van der Waals surface area contributed by atoms with Crippen LogP contribution in [0.25, 0.3) is 0 Å². The molecular weight excluding hydrogens is 216 g/mol. The van der Waals surface area contributed by atoms with Crippen LogP contribution in [0.4, 0.5) is 0 Å². The van der Waals surface area contributed by atoms with Crippen LogP contribution in [0.1, 0.15) is 54.6 Å². The van der Waals surface area contributed by atoms with Crippen LogP contribution < -0.4 is 5.73 Å². The summed E-state index contributed by atoms with van der Waals surface area (Å²) in [5.41, 5.74) is 7.62. The molecule has 16 heavy (non-hydrogen) atoms. The molecule has 0 aliphatic heterocycles. The Hall–Kier alpha value is -0.410. The van der Waals surface area contributed by atoms with Gasteiger partial charge in [-0.15, -0.1) is 11.3 Å². The minimum absolute atomic E-state index is 0.180. The molecule has 0 bridgehead atoms. The smallest absolute Gasteiger partial charge is 0.113 e. The monoisotopic (exact) mass is 236 g/mol. The number of fused-ring (bicyclic) bond motifs is 1. The van der Waals surface area contributed by atoms with Gasteiger partial charge in [0.1, 0.15) is 5.01 Å². The van der Waals surface area contributed by atoms with Crippen LogP contribution >= 0.6 is 11.3 Å². The van der Waals surface area contributed by atoms with Gasteiger partial charge in [0.25, 0.3) is 0 Å². The highest BCUT2D eigenvalue weighted by Gasteiger charge is 2.32. The molecule has 0 amide bonds. The van der Waals surface area contributed by atoms with Crippen LogP contribution in [0, 0.1) is 5.92 Å². The van der Waals surface area contributed by atoms with Gasteiger partial charge in [-0.3, -0.25) is 0 Å². The molecule has 3 heteroatoms. The fraction of sp³-hybridized carbons (Fsp3) is 0.769. The number of nitrogens with two attached hydrogens (primary N) is 1. The van der Waals surface area contributed by atoms with Crippen molar-refractivity contribution in [1.29, 1.82) is 0 Å². The lowest BCUT2D eigenvalue weighted by molar-refractivity contribution is 0.235.